The van der Waals surface area contributed by atoms with Crippen molar-refractivity contribution >= 4 is 10.0 Å². The molecule has 0 radical (unpaired) electrons. The van der Waals surface area contributed by atoms with Gasteiger partial charge in [-0.15, -0.1) is 0 Å². The van der Waals surface area contributed by atoms with Gasteiger partial charge in [-0.3, -0.25) is 0 Å². The van der Waals surface area contributed by atoms with E-state index < -0.39 is 33.8 Å². The maximum absolute atomic E-state index is 13.0. The van der Waals surface area contributed by atoms with Crippen molar-refractivity contribution < 1.29 is 22.3 Å². The van der Waals surface area contributed by atoms with Crippen LogP contribution >= 0.6 is 0 Å². The Morgan fingerprint density at radius 1 is 1.33 bits per heavy atom. The van der Waals surface area contributed by atoms with E-state index in [0.717, 1.165) is 12.1 Å². The first kappa shape index (κ1) is 15.0. The van der Waals surface area contributed by atoms with Crippen LogP contribution in [0.25, 0.3) is 0 Å². The topological polar surface area (TPSA) is 66.4 Å². The third-order valence-electron chi connectivity index (χ3n) is 2.50. The summed E-state index contributed by atoms with van der Waals surface area (Å²) in [7, 11) is -3.47. The van der Waals surface area contributed by atoms with Crippen LogP contribution in [0.5, 0.6) is 0 Å². The molecule has 0 saturated carbocycles. The average molecular weight is 279 g/mol. The number of nitrogens with one attached hydrogen (secondary N) is 1. The van der Waals surface area contributed by atoms with Crippen LogP contribution in [-0.4, -0.2) is 25.3 Å². The van der Waals surface area contributed by atoms with Crippen LogP contribution in [0.1, 0.15) is 25.5 Å². The number of rotatable bonds is 5. The van der Waals surface area contributed by atoms with Crippen molar-refractivity contribution in [2.45, 2.75) is 26.0 Å². The maximum atomic E-state index is 13.0. The van der Waals surface area contributed by atoms with Gasteiger partial charge in [0.25, 0.3) is 0 Å². The zero-order chi connectivity index (χ0) is 13.9. The van der Waals surface area contributed by atoms with E-state index in [1.165, 1.54) is 19.9 Å². The molecule has 0 heterocycles. The third-order valence-corrected chi connectivity index (χ3v) is 4.00. The normalized spacial score (nSPS) is 15.4. The highest BCUT2D eigenvalue weighted by molar-refractivity contribution is 7.89. The Bertz CT molecular complexity index is 519. The van der Waals surface area contributed by atoms with Crippen molar-refractivity contribution in [3.05, 3.63) is 35.4 Å². The molecular weight excluding hydrogens is 264 g/mol. The van der Waals surface area contributed by atoms with Crippen molar-refractivity contribution in [1.82, 2.24) is 4.72 Å². The van der Waals surface area contributed by atoms with Crippen LogP contribution in [0.4, 0.5) is 8.78 Å². The highest BCUT2D eigenvalue weighted by atomic mass is 32.2. The van der Waals surface area contributed by atoms with E-state index in [1.54, 1.807) is 0 Å². The van der Waals surface area contributed by atoms with Gasteiger partial charge in [-0.25, -0.2) is 21.9 Å². The van der Waals surface area contributed by atoms with Gasteiger partial charge in [0.1, 0.15) is 0 Å². The fraction of sp³-hybridized carbons (Fsp3) is 0.455. The van der Waals surface area contributed by atoms with Crippen LogP contribution in [0.3, 0.4) is 0 Å². The minimum Gasteiger partial charge on any atom is -0.387 e. The molecule has 0 saturated heterocycles. The number of aliphatic hydroxyl groups excluding tert-OH is 1. The smallest absolute Gasteiger partial charge is 0.211 e. The molecule has 2 N–H and O–H groups in total. The minimum absolute atomic E-state index is 0.111. The first-order chi connectivity index (χ1) is 8.26. The molecule has 2 unspecified atom stereocenters. The van der Waals surface area contributed by atoms with Crippen LogP contribution < -0.4 is 4.72 Å². The predicted octanol–water partition coefficient (Wildman–Crippen LogP) is 1.33. The van der Waals surface area contributed by atoms with Gasteiger partial charge in [-0.1, -0.05) is 6.07 Å². The summed E-state index contributed by atoms with van der Waals surface area (Å²) in [4.78, 5) is 0. The summed E-state index contributed by atoms with van der Waals surface area (Å²) in [5.41, 5.74) is 0.111. The molecule has 2 atom stereocenters. The highest BCUT2D eigenvalue weighted by Gasteiger charge is 2.21. The van der Waals surface area contributed by atoms with Gasteiger partial charge in [0, 0.05) is 6.04 Å². The fourth-order valence-corrected chi connectivity index (χ4v) is 2.28. The Labute approximate surface area is 105 Å². The molecule has 0 aliphatic rings. The molecule has 7 heteroatoms. The summed E-state index contributed by atoms with van der Waals surface area (Å²) in [6.45, 7) is 2.90. The van der Waals surface area contributed by atoms with Gasteiger partial charge in [0.2, 0.25) is 10.0 Å². The summed E-state index contributed by atoms with van der Waals surface area (Å²) in [6, 6.07) is 2.10. The molecule has 4 nitrogen and oxygen atoms in total. The van der Waals surface area contributed by atoms with Gasteiger partial charge in [0.05, 0.1) is 11.9 Å². The predicted molar refractivity (Wildman–Crippen MR) is 63.4 cm³/mol. The Balaban J connectivity index is 2.86. The van der Waals surface area contributed by atoms with E-state index in [1.807, 2.05) is 0 Å². The molecule has 0 bridgehead atoms. The van der Waals surface area contributed by atoms with Crippen LogP contribution in [-0.2, 0) is 10.0 Å². The third kappa shape index (κ3) is 3.72. The van der Waals surface area contributed by atoms with Gasteiger partial charge in [-0.2, -0.15) is 0 Å². The van der Waals surface area contributed by atoms with Crippen molar-refractivity contribution in [2.75, 3.05) is 5.75 Å². The van der Waals surface area contributed by atoms with Gasteiger partial charge in [0.15, 0.2) is 11.6 Å². The Morgan fingerprint density at radius 2 is 1.94 bits per heavy atom. The van der Waals surface area contributed by atoms with Crippen molar-refractivity contribution in [3.8, 4) is 0 Å². The molecule has 1 rings (SSSR count). The number of aliphatic hydroxyl groups is 1. The Kier molecular flexibility index (Phi) is 4.78. The summed E-state index contributed by atoms with van der Waals surface area (Å²) >= 11 is 0. The van der Waals surface area contributed by atoms with Crippen LogP contribution in [0, 0.1) is 11.6 Å². The zero-order valence-corrected chi connectivity index (χ0v) is 10.8. The monoisotopic (exact) mass is 279 g/mol. The first-order valence-corrected chi connectivity index (χ1v) is 7.05. The van der Waals surface area contributed by atoms with Crippen molar-refractivity contribution in [2.24, 2.45) is 0 Å². The largest absolute Gasteiger partial charge is 0.387 e. The second kappa shape index (κ2) is 5.73. The number of sulfonamides is 1. The number of hydrogen-bond donors (Lipinski definition) is 2. The number of halogens is 2. The second-order valence-corrected chi connectivity index (χ2v) is 5.97. The lowest BCUT2D eigenvalue weighted by atomic mass is 10.0. The molecule has 0 aromatic heterocycles. The first-order valence-electron chi connectivity index (χ1n) is 5.40. The van der Waals surface area contributed by atoms with Crippen LogP contribution in [0.15, 0.2) is 18.2 Å². The molecule has 18 heavy (non-hydrogen) atoms. The molecule has 1 aromatic carbocycles. The molecule has 0 spiro atoms. The molecule has 0 fully saturated rings. The molecule has 1 aromatic rings. The second-order valence-electron chi connectivity index (χ2n) is 3.93. The molecule has 0 aliphatic heterocycles. The lowest BCUT2D eigenvalue weighted by Gasteiger charge is -2.20. The summed E-state index contributed by atoms with van der Waals surface area (Å²) in [6.07, 6.45) is -1.25. The van der Waals surface area contributed by atoms with E-state index in [2.05, 4.69) is 4.72 Å². The van der Waals surface area contributed by atoms with Crippen molar-refractivity contribution in [1.29, 1.82) is 0 Å². The zero-order valence-electron chi connectivity index (χ0n) is 10.0. The maximum Gasteiger partial charge on any atom is 0.211 e. The summed E-state index contributed by atoms with van der Waals surface area (Å²) in [5.74, 6) is -2.23. The number of benzene rings is 1. The van der Waals surface area contributed by atoms with Crippen molar-refractivity contribution in [3.63, 3.8) is 0 Å². The van der Waals surface area contributed by atoms with E-state index >= 15 is 0 Å². The molecular formula is C11H15F2NO3S. The van der Waals surface area contributed by atoms with Crippen LogP contribution in [0.2, 0.25) is 0 Å². The Morgan fingerprint density at radius 3 is 2.44 bits per heavy atom. The van der Waals surface area contributed by atoms with E-state index in [4.69, 9.17) is 0 Å². The lowest BCUT2D eigenvalue weighted by Crippen LogP contribution is -2.37. The van der Waals surface area contributed by atoms with Gasteiger partial charge < -0.3 is 5.11 Å². The summed E-state index contributed by atoms with van der Waals surface area (Å²) < 4.78 is 50.6. The SMILES string of the molecule is CCS(=O)(=O)NC(C)C(O)c1ccc(F)c(F)c1. The summed E-state index contributed by atoms with van der Waals surface area (Å²) in [5, 5.41) is 9.85. The number of hydrogen-bond acceptors (Lipinski definition) is 3. The van der Waals surface area contributed by atoms with E-state index in [9.17, 15) is 22.3 Å². The minimum atomic E-state index is -3.47. The average Bonchev–Trinajstić information content (AvgIpc) is 2.31. The highest BCUT2D eigenvalue weighted by Crippen LogP contribution is 2.19. The Hall–Kier alpha value is -1.05. The van der Waals surface area contributed by atoms with Gasteiger partial charge >= 0.3 is 0 Å². The quantitative estimate of drug-likeness (QED) is 0.854. The standard InChI is InChI=1S/C11H15F2NO3S/c1-3-18(16,17)14-7(2)11(15)8-4-5-9(12)10(13)6-8/h4-7,11,14-15H,3H2,1-2H3. The molecule has 102 valence electrons. The van der Waals surface area contributed by atoms with E-state index in [0.29, 0.717) is 0 Å². The van der Waals surface area contributed by atoms with E-state index in [-0.39, 0.29) is 11.3 Å². The molecule has 0 amide bonds. The molecule has 0 aliphatic carbocycles. The fourth-order valence-electron chi connectivity index (χ4n) is 1.42. The van der Waals surface area contributed by atoms with Gasteiger partial charge in [-0.05, 0) is 31.5 Å². The lowest BCUT2D eigenvalue weighted by molar-refractivity contribution is 0.146.